The fraction of sp³-hybridized carbons (Fsp3) is 0.515. The van der Waals surface area contributed by atoms with Crippen molar-refractivity contribution < 1.29 is 47.6 Å². The maximum atomic E-state index is 13.1. The number of hydrogen-bond acceptors (Lipinski definition) is 10. The van der Waals surface area contributed by atoms with E-state index in [0.29, 0.717) is 0 Å². The molecule has 2 aliphatic rings. The summed E-state index contributed by atoms with van der Waals surface area (Å²) in [5.41, 5.74) is 5.51. The topological polar surface area (TPSA) is 172 Å². The van der Waals surface area contributed by atoms with Gasteiger partial charge >= 0.3 is 6.09 Å². The molecule has 47 heavy (non-hydrogen) atoms. The van der Waals surface area contributed by atoms with E-state index in [2.05, 4.69) is 21.5 Å². The van der Waals surface area contributed by atoms with E-state index in [0.717, 1.165) is 11.1 Å². The van der Waals surface area contributed by atoms with Gasteiger partial charge in [-0.25, -0.2) is 4.79 Å². The first-order chi connectivity index (χ1) is 22.3. The molecule has 2 heterocycles. The quantitative estimate of drug-likeness (QED) is 0.278. The number of hydrazine groups is 1. The van der Waals surface area contributed by atoms with Crippen LogP contribution in [0.2, 0.25) is 0 Å². The van der Waals surface area contributed by atoms with Gasteiger partial charge in [0.15, 0.2) is 12.6 Å². The number of amides is 4. The first kappa shape index (κ1) is 35.8. The summed E-state index contributed by atoms with van der Waals surface area (Å²) in [5, 5.41) is 5.27. The van der Waals surface area contributed by atoms with Crippen LogP contribution in [0.3, 0.4) is 0 Å². The third-order valence-electron chi connectivity index (χ3n) is 7.20. The van der Waals surface area contributed by atoms with Gasteiger partial charge in [-0.1, -0.05) is 60.7 Å². The van der Waals surface area contributed by atoms with Crippen LogP contribution in [0.15, 0.2) is 60.7 Å². The monoisotopic (exact) mass is 656 g/mol. The third kappa shape index (κ3) is 10.5. The standard InChI is InChI=1S/C33H44N4O10/c1-19(34-32(41)47-33(4,5)6)28(39)36-37-29(40)20(2)44-27-25(35-21(3)38)31(42-17-22-13-9-7-10-14-22)45-24-18-43-30(46-26(24)27)23-15-11-8-12-16-23/h7-16,19-20,24-27,30-31H,17-18H2,1-6H3,(H,34,41)(H,35,38)(H,36,39)(H,37,40)/t19-,20-,24-,25+,26+,27-,30-,31-/m0/s1. The van der Waals surface area contributed by atoms with Gasteiger partial charge in [-0.15, -0.1) is 0 Å². The average molecular weight is 657 g/mol. The largest absolute Gasteiger partial charge is 0.444 e. The Kier molecular flexibility index (Phi) is 12.3. The highest BCUT2D eigenvalue weighted by Crippen LogP contribution is 2.36. The van der Waals surface area contributed by atoms with E-state index in [1.54, 1.807) is 20.8 Å². The van der Waals surface area contributed by atoms with Crippen LogP contribution in [0.1, 0.15) is 59.0 Å². The highest BCUT2D eigenvalue weighted by Gasteiger charge is 2.52. The molecule has 0 unspecified atom stereocenters. The first-order valence-electron chi connectivity index (χ1n) is 15.5. The first-order valence-corrected chi connectivity index (χ1v) is 15.5. The molecule has 0 bridgehead atoms. The molecular weight excluding hydrogens is 612 g/mol. The fourth-order valence-electron chi connectivity index (χ4n) is 4.98. The number of fused-ring (bicyclic) bond motifs is 1. The van der Waals surface area contributed by atoms with Gasteiger partial charge < -0.3 is 39.1 Å². The number of nitrogens with one attached hydrogen (secondary N) is 4. The van der Waals surface area contributed by atoms with Crippen molar-refractivity contribution in [2.45, 2.75) is 103 Å². The molecule has 8 atom stereocenters. The van der Waals surface area contributed by atoms with Gasteiger partial charge in [0.1, 0.15) is 42.1 Å². The zero-order valence-electron chi connectivity index (χ0n) is 27.4. The molecule has 14 heteroatoms. The van der Waals surface area contributed by atoms with Crippen LogP contribution < -0.4 is 21.5 Å². The van der Waals surface area contributed by atoms with Crippen molar-refractivity contribution in [1.29, 1.82) is 0 Å². The van der Waals surface area contributed by atoms with Crippen LogP contribution in [0.5, 0.6) is 0 Å². The second kappa shape index (κ2) is 16.2. The van der Waals surface area contributed by atoms with Crippen molar-refractivity contribution in [3.63, 3.8) is 0 Å². The molecule has 0 aromatic heterocycles. The van der Waals surface area contributed by atoms with Crippen LogP contribution in [0.25, 0.3) is 0 Å². The molecule has 4 amide bonds. The smallest absolute Gasteiger partial charge is 0.408 e. The van der Waals surface area contributed by atoms with E-state index in [-0.39, 0.29) is 19.1 Å². The zero-order valence-corrected chi connectivity index (χ0v) is 27.4. The Hall–Kier alpha value is -4.08. The molecule has 14 nitrogen and oxygen atoms in total. The predicted octanol–water partition coefficient (Wildman–Crippen LogP) is 2.38. The lowest BCUT2D eigenvalue weighted by Crippen LogP contribution is -2.68. The summed E-state index contributed by atoms with van der Waals surface area (Å²) in [6.07, 6.45) is -6.07. The molecule has 2 aliphatic heterocycles. The third-order valence-corrected chi connectivity index (χ3v) is 7.20. The molecule has 2 fully saturated rings. The lowest BCUT2D eigenvalue weighted by molar-refractivity contribution is -0.351. The molecule has 0 saturated carbocycles. The van der Waals surface area contributed by atoms with Gasteiger partial charge in [0, 0.05) is 12.5 Å². The Labute approximate surface area is 274 Å². The second-order valence-electron chi connectivity index (χ2n) is 12.3. The molecule has 256 valence electrons. The molecule has 2 aromatic carbocycles. The van der Waals surface area contributed by atoms with Gasteiger partial charge in [0.25, 0.3) is 11.8 Å². The molecular formula is C33H44N4O10. The summed E-state index contributed by atoms with van der Waals surface area (Å²) in [6.45, 7) is 9.68. The highest BCUT2D eigenvalue weighted by atomic mass is 16.8. The van der Waals surface area contributed by atoms with E-state index in [1.165, 1.54) is 20.8 Å². The fourth-order valence-corrected chi connectivity index (χ4v) is 4.98. The number of ether oxygens (including phenoxy) is 6. The van der Waals surface area contributed by atoms with Crippen LogP contribution in [-0.2, 0) is 49.4 Å². The molecule has 2 saturated heterocycles. The summed E-state index contributed by atoms with van der Waals surface area (Å²) in [4.78, 5) is 50.2. The molecule has 0 spiro atoms. The summed E-state index contributed by atoms with van der Waals surface area (Å²) in [5.74, 6) is -1.76. The van der Waals surface area contributed by atoms with E-state index >= 15 is 0 Å². The minimum atomic E-state index is -1.15. The minimum Gasteiger partial charge on any atom is -0.444 e. The zero-order chi connectivity index (χ0) is 34.1. The van der Waals surface area contributed by atoms with Gasteiger partial charge in [-0.2, -0.15) is 0 Å². The molecule has 4 N–H and O–H groups in total. The van der Waals surface area contributed by atoms with Crippen LogP contribution in [0.4, 0.5) is 4.79 Å². The highest BCUT2D eigenvalue weighted by molar-refractivity contribution is 5.88. The number of carbonyl (C=O) groups is 4. The number of carbonyl (C=O) groups excluding carboxylic acids is 4. The number of alkyl carbamates (subject to hydrolysis) is 1. The van der Waals surface area contributed by atoms with Gasteiger partial charge in [0.2, 0.25) is 5.91 Å². The van der Waals surface area contributed by atoms with Gasteiger partial charge in [0.05, 0.1) is 13.2 Å². The summed E-state index contributed by atoms with van der Waals surface area (Å²) < 4.78 is 36.3. The molecule has 0 aliphatic carbocycles. The van der Waals surface area contributed by atoms with Crippen LogP contribution in [-0.4, -0.2) is 78.8 Å². The van der Waals surface area contributed by atoms with E-state index < -0.39 is 72.6 Å². The maximum Gasteiger partial charge on any atom is 0.408 e. The Morgan fingerprint density at radius 1 is 0.915 bits per heavy atom. The van der Waals surface area contributed by atoms with Gasteiger partial charge in [-0.3, -0.25) is 25.2 Å². The minimum absolute atomic E-state index is 0.126. The van der Waals surface area contributed by atoms with E-state index in [4.69, 9.17) is 28.4 Å². The molecule has 4 rings (SSSR count). The Morgan fingerprint density at radius 2 is 1.55 bits per heavy atom. The van der Waals surface area contributed by atoms with Crippen molar-refractivity contribution in [1.82, 2.24) is 21.5 Å². The van der Waals surface area contributed by atoms with Gasteiger partial charge in [-0.05, 0) is 40.2 Å². The van der Waals surface area contributed by atoms with Crippen molar-refractivity contribution in [3.8, 4) is 0 Å². The summed E-state index contributed by atoms with van der Waals surface area (Å²) >= 11 is 0. The second-order valence-corrected chi connectivity index (χ2v) is 12.3. The molecule has 2 aromatic rings. The Bertz CT molecular complexity index is 1360. The average Bonchev–Trinajstić information content (AvgIpc) is 3.03. The number of hydrogen-bond donors (Lipinski definition) is 4. The molecule has 0 radical (unpaired) electrons. The lowest BCUT2D eigenvalue weighted by Gasteiger charge is -2.49. The van der Waals surface area contributed by atoms with Crippen LogP contribution >= 0.6 is 0 Å². The van der Waals surface area contributed by atoms with Crippen molar-refractivity contribution >= 4 is 23.8 Å². The van der Waals surface area contributed by atoms with E-state index in [9.17, 15) is 19.2 Å². The lowest BCUT2D eigenvalue weighted by atomic mass is 9.95. The SMILES string of the molecule is CC(=O)N[C@H]1[C@@H](OCc2ccccc2)O[C@H]2CO[C@H](c3ccccc3)O[C@H]2[C@H]1O[C@@H](C)C(=O)NNC(=O)[C@H](C)NC(=O)OC(C)(C)C. The Morgan fingerprint density at radius 3 is 2.19 bits per heavy atom. The Balaban J connectivity index is 1.48. The van der Waals surface area contributed by atoms with Crippen molar-refractivity contribution in [2.75, 3.05) is 6.61 Å². The number of benzene rings is 2. The number of rotatable bonds is 10. The maximum absolute atomic E-state index is 13.1. The van der Waals surface area contributed by atoms with Crippen molar-refractivity contribution in [3.05, 3.63) is 71.8 Å². The summed E-state index contributed by atoms with van der Waals surface area (Å²) in [7, 11) is 0. The normalized spacial score (nSPS) is 25.3. The van der Waals surface area contributed by atoms with Crippen LogP contribution in [0, 0.1) is 0 Å². The van der Waals surface area contributed by atoms with E-state index in [1.807, 2.05) is 60.7 Å². The summed E-state index contributed by atoms with van der Waals surface area (Å²) in [6, 6.07) is 16.9. The van der Waals surface area contributed by atoms with Crippen molar-refractivity contribution in [2.24, 2.45) is 0 Å². The predicted molar refractivity (Wildman–Crippen MR) is 167 cm³/mol.